The maximum atomic E-state index is 11.5. The highest BCUT2D eigenvalue weighted by atomic mass is 16.6. The number of hydrogen-bond acceptors (Lipinski definition) is 9. The van der Waals surface area contributed by atoms with Crippen molar-refractivity contribution >= 4 is 24.1 Å². The number of fused-ring (bicyclic) bond motifs is 2. The van der Waals surface area contributed by atoms with E-state index in [2.05, 4.69) is 0 Å². The highest BCUT2D eigenvalue weighted by molar-refractivity contribution is 5.91. The molecular weight excluding hydrogens is 512 g/mol. The summed E-state index contributed by atoms with van der Waals surface area (Å²) < 4.78 is 39.1. The van der Waals surface area contributed by atoms with Crippen molar-refractivity contribution in [3.05, 3.63) is 58.7 Å². The molecule has 0 aromatic heterocycles. The highest BCUT2D eigenvalue weighted by Gasteiger charge is 2.11. The van der Waals surface area contributed by atoms with Crippen LogP contribution in [0.2, 0.25) is 0 Å². The molecule has 0 unspecified atom stereocenters. The van der Waals surface area contributed by atoms with Gasteiger partial charge in [-0.3, -0.25) is 0 Å². The minimum atomic E-state index is -1.08. The van der Waals surface area contributed by atoms with E-state index >= 15 is 0 Å². The number of rotatable bonds is 2. The molecular formula is C28H34O11. The minimum Gasteiger partial charge on any atom is -0.491 e. The van der Waals surface area contributed by atoms with Gasteiger partial charge in [0.1, 0.15) is 24.7 Å². The maximum absolute atomic E-state index is 11.5. The molecule has 0 saturated heterocycles. The fraction of sp³-hybridized carbons (Fsp3) is 0.429. The topological polar surface area (TPSA) is 139 Å². The molecule has 11 heteroatoms. The summed E-state index contributed by atoms with van der Waals surface area (Å²) in [5.74, 6) is -1.26. The second kappa shape index (κ2) is 17.2. The number of benzene rings is 2. The molecule has 0 atom stereocenters. The molecule has 0 aliphatic carbocycles. The zero-order valence-corrected chi connectivity index (χ0v) is 21.7. The van der Waals surface area contributed by atoms with Crippen LogP contribution >= 0.6 is 0 Å². The van der Waals surface area contributed by atoms with Crippen molar-refractivity contribution in [2.24, 2.45) is 0 Å². The van der Waals surface area contributed by atoms with E-state index in [4.69, 9.17) is 33.2 Å². The van der Waals surface area contributed by atoms with Crippen molar-refractivity contribution < 1.29 is 53.0 Å². The average Bonchev–Trinajstić information content (AvgIpc) is 2.93. The van der Waals surface area contributed by atoms with Gasteiger partial charge < -0.3 is 43.4 Å². The minimum absolute atomic E-state index is 0.0835. The van der Waals surface area contributed by atoms with Gasteiger partial charge in [0, 0.05) is 11.1 Å². The monoisotopic (exact) mass is 546 g/mol. The van der Waals surface area contributed by atoms with Gasteiger partial charge in [0.2, 0.25) is 0 Å². The van der Waals surface area contributed by atoms with Crippen LogP contribution in [-0.2, 0) is 23.7 Å². The largest absolute Gasteiger partial charge is 0.491 e. The first-order chi connectivity index (χ1) is 19.0. The number of carboxylic acids is 2. The molecule has 2 aromatic carbocycles. The van der Waals surface area contributed by atoms with E-state index in [0.29, 0.717) is 88.7 Å². The number of carboxylic acid groups (broad SMARTS) is 2. The Labute approximate surface area is 226 Å². The number of hydrogen-bond donors (Lipinski definition) is 2. The molecule has 0 radical (unpaired) electrons. The van der Waals surface area contributed by atoms with Crippen LogP contribution in [0.4, 0.5) is 0 Å². The predicted molar refractivity (Wildman–Crippen MR) is 141 cm³/mol. The Morgan fingerprint density at radius 1 is 0.487 bits per heavy atom. The first-order valence-corrected chi connectivity index (χ1v) is 12.6. The van der Waals surface area contributed by atoms with E-state index in [0.717, 1.165) is 0 Å². The van der Waals surface area contributed by atoms with Crippen molar-refractivity contribution in [1.82, 2.24) is 0 Å². The normalized spacial score (nSPS) is 18.1. The van der Waals surface area contributed by atoms with Crippen LogP contribution in [0.1, 0.15) is 31.8 Å². The quantitative estimate of drug-likeness (QED) is 0.574. The van der Waals surface area contributed by atoms with Crippen molar-refractivity contribution in [2.75, 3.05) is 79.3 Å². The van der Waals surface area contributed by atoms with E-state index in [1.165, 1.54) is 24.3 Å². The fourth-order valence-corrected chi connectivity index (χ4v) is 3.47. The molecule has 0 spiro atoms. The smallest absolute Gasteiger partial charge is 0.335 e. The summed E-state index contributed by atoms with van der Waals surface area (Å²) >= 11 is 0. The standard InChI is InChI=1S/C28H34O11/c29-27(30)23-3-5-25-21(19-23)1-2-22-20-24(28(31)32)4-6-26(22)39-18-16-37-14-12-35-10-8-33-7-9-34-11-13-36-15-17-38-25/h1-6,19-20H,7-18H2,(H,29,30)(H,31,32)/b2-1+. The molecule has 0 bridgehead atoms. The van der Waals surface area contributed by atoms with Gasteiger partial charge in [-0.25, -0.2) is 9.59 Å². The molecule has 2 N–H and O–H groups in total. The zero-order chi connectivity index (χ0) is 27.7. The van der Waals surface area contributed by atoms with Gasteiger partial charge in [-0.2, -0.15) is 0 Å². The van der Waals surface area contributed by atoms with Crippen LogP contribution in [0.3, 0.4) is 0 Å². The Bertz CT molecular complexity index is 1000. The van der Waals surface area contributed by atoms with Crippen molar-refractivity contribution in [3.8, 4) is 11.5 Å². The average molecular weight is 547 g/mol. The molecule has 1 aliphatic heterocycles. The van der Waals surface area contributed by atoms with E-state index in [-0.39, 0.29) is 24.3 Å². The van der Waals surface area contributed by atoms with Crippen LogP contribution in [-0.4, -0.2) is 101 Å². The summed E-state index contributed by atoms with van der Waals surface area (Å²) in [4.78, 5) is 23.1. The van der Waals surface area contributed by atoms with Crippen LogP contribution in [0.5, 0.6) is 11.5 Å². The lowest BCUT2D eigenvalue weighted by Gasteiger charge is -2.12. The van der Waals surface area contributed by atoms with E-state index in [1.807, 2.05) is 0 Å². The first kappa shape index (κ1) is 30.1. The molecule has 39 heavy (non-hydrogen) atoms. The molecule has 3 rings (SSSR count). The SMILES string of the molecule is O=C(O)c1ccc2c(c1)/C=C/c1cc(C(=O)O)ccc1OCCOCCOCCOCCOCCOCCO2. The summed E-state index contributed by atoms with van der Waals surface area (Å²) in [7, 11) is 0. The maximum Gasteiger partial charge on any atom is 0.335 e. The van der Waals surface area contributed by atoms with Crippen molar-refractivity contribution in [1.29, 1.82) is 0 Å². The van der Waals surface area contributed by atoms with Crippen LogP contribution in [0, 0.1) is 0 Å². The van der Waals surface area contributed by atoms with Crippen molar-refractivity contribution in [3.63, 3.8) is 0 Å². The molecule has 2 aromatic rings. The van der Waals surface area contributed by atoms with Gasteiger partial charge in [-0.15, -0.1) is 0 Å². The van der Waals surface area contributed by atoms with E-state index < -0.39 is 11.9 Å². The zero-order valence-electron chi connectivity index (χ0n) is 21.7. The lowest BCUT2D eigenvalue weighted by Crippen LogP contribution is -2.15. The number of aromatic carboxylic acids is 2. The van der Waals surface area contributed by atoms with Gasteiger partial charge in [-0.05, 0) is 36.4 Å². The highest BCUT2D eigenvalue weighted by Crippen LogP contribution is 2.27. The Kier molecular flexibility index (Phi) is 13.2. The van der Waals surface area contributed by atoms with Gasteiger partial charge in [-0.1, -0.05) is 12.2 Å². The molecule has 212 valence electrons. The van der Waals surface area contributed by atoms with E-state index in [9.17, 15) is 19.8 Å². The summed E-state index contributed by atoms with van der Waals surface area (Å²) in [6, 6.07) is 9.01. The molecule has 1 heterocycles. The van der Waals surface area contributed by atoms with Gasteiger partial charge in [0.05, 0.1) is 77.2 Å². The molecule has 0 fully saturated rings. The molecule has 0 saturated carbocycles. The summed E-state index contributed by atoms with van der Waals surface area (Å²) in [6.45, 7) is 4.50. The summed E-state index contributed by atoms with van der Waals surface area (Å²) in [5.41, 5.74) is 1.16. The third-order valence-corrected chi connectivity index (χ3v) is 5.41. The number of ether oxygens (including phenoxy) is 7. The Morgan fingerprint density at radius 3 is 1.10 bits per heavy atom. The molecule has 11 nitrogen and oxygen atoms in total. The first-order valence-electron chi connectivity index (χ1n) is 12.6. The van der Waals surface area contributed by atoms with Crippen molar-refractivity contribution in [2.45, 2.75) is 0 Å². The Morgan fingerprint density at radius 2 is 0.795 bits per heavy atom. The second-order valence-corrected chi connectivity index (χ2v) is 8.21. The Hall–Kier alpha value is -3.48. The molecule has 1 aliphatic rings. The fourth-order valence-electron chi connectivity index (χ4n) is 3.47. The van der Waals surface area contributed by atoms with Crippen LogP contribution < -0.4 is 9.47 Å². The predicted octanol–water partition coefficient (Wildman–Crippen LogP) is 3.11. The lowest BCUT2D eigenvalue weighted by molar-refractivity contribution is -0.0141. The lowest BCUT2D eigenvalue weighted by atomic mass is 10.1. The summed E-state index contributed by atoms with van der Waals surface area (Å²) in [5, 5.41) is 18.9. The van der Waals surface area contributed by atoms with Crippen LogP contribution in [0.15, 0.2) is 36.4 Å². The molecule has 0 amide bonds. The third-order valence-electron chi connectivity index (χ3n) is 5.41. The van der Waals surface area contributed by atoms with Crippen LogP contribution in [0.25, 0.3) is 12.2 Å². The van der Waals surface area contributed by atoms with Gasteiger partial charge in [0.25, 0.3) is 0 Å². The van der Waals surface area contributed by atoms with Gasteiger partial charge in [0.15, 0.2) is 0 Å². The van der Waals surface area contributed by atoms with E-state index in [1.54, 1.807) is 24.3 Å². The Balaban J connectivity index is 1.77. The third kappa shape index (κ3) is 11.0. The number of carbonyl (C=O) groups is 2. The summed E-state index contributed by atoms with van der Waals surface area (Å²) in [6.07, 6.45) is 3.31. The second-order valence-electron chi connectivity index (χ2n) is 8.21. The van der Waals surface area contributed by atoms with Gasteiger partial charge >= 0.3 is 11.9 Å².